The molecule has 2 heterocycles. The number of hydrogen-bond acceptors (Lipinski definition) is 5. The molecule has 4 aliphatic rings. The average molecular weight is 424 g/mol. The molecule has 1 saturated heterocycles. The average Bonchev–Trinajstić information content (AvgIpc) is 3.05. The Kier molecular flexibility index (Phi) is 4.81. The molecule has 1 aliphatic heterocycles. The quantitative estimate of drug-likeness (QED) is 0.635. The van der Waals surface area contributed by atoms with Crippen molar-refractivity contribution in [2.24, 2.45) is 5.92 Å². The van der Waals surface area contributed by atoms with Crippen LogP contribution in [0.3, 0.4) is 0 Å². The van der Waals surface area contributed by atoms with Gasteiger partial charge in [0.25, 0.3) is 0 Å². The lowest BCUT2D eigenvalue weighted by Gasteiger charge is -2.61. The number of hydrogen-bond donors (Lipinski definition) is 0. The van der Waals surface area contributed by atoms with E-state index in [0.717, 1.165) is 34.1 Å². The minimum atomic E-state index is -0.425. The second kappa shape index (κ2) is 7.09. The first-order chi connectivity index (χ1) is 14.6. The molecule has 31 heavy (non-hydrogen) atoms. The molecule has 6 nitrogen and oxygen atoms in total. The van der Waals surface area contributed by atoms with Crippen molar-refractivity contribution in [2.45, 2.75) is 83.8 Å². The van der Waals surface area contributed by atoms with E-state index in [1.54, 1.807) is 7.11 Å². The summed E-state index contributed by atoms with van der Waals surface area (Å²) < 4.78 is 26.5. The second-order valence-electron chi connectivity index (χ2n) is 10.5. The summed E-state index contributed by atoms with van der Waals surface area (Å²) in [4.78, 5) is 0. The molecule has 6 rings (SSSR count). The maximum atomic E-state index is 6.41. The van der Waals surface area contributed by atoms with Gasteiger partial charge in [-0.3, -0.25) is 4.68 Å². The van der Waals surface area contributed by atoms with Gasteiger partial charge < -0.3 is 18.8 Å². The number of aromatic nitrogens is 2. The zero-order valence-electron chi connectivity index (χ0n) is 19.5. The van der Waals surface area contributed by atoms with Crippen LogP contribution in [-0.2, 0) is 32.8 Å². The van der Waals surface area contributed by atoms with Gasteiger partial charge in [0.2, 0.25) is 0 Å². The van der Waals surface area contributed by atoms with Gasteiger partial charge in [0.15, 0.2) is 0 Å². The van der Waals surface area contributed by atoms with Gasteiger partial charge in [-0.25, -0.2) is 0 Å². The number of ether oxygens (including phenoxy) is 2. The highest BCUT2D eigenvalue weighted by Crippen LogP contribution is 2.62. The molecule has 0 amide bonds. The minimum absolute atomic E-state index is 0.177. The van der Waals surface area contributed by atoms with Crippen molar-refractivity contribution < 1.29 is 18.8 Å². The van der Waals surface area contributed by atoms with E-state index in [1.165, 1.54) is 19.3 Å². The molecular weight excluding hydrogens is 391 g/mol. The van der Waals surface area contributed by atoms with Crippen LogP contribution in [0.4, 0.5) is 0 Å². The van der Waals surface area contributed by atoms with Crippen molar-refractivity contribution in [3.05, 3.63) is 41.2 Å². The van der Waals surface area contributed by atoms with Gasteiger partial charge >= 0.3 is 7.12 Å². The lowest BCUT2D eigenvalue weighted by Crippen LogP contribution is -2.60. The van der Waals surface area contributed by atoms with Crippen molar-refractivity contribution in [2.75, 3.05) is 7.11 Å². The first kappa shape index (κ1) is 21.0. The molecule has 3 saturated carbocycles. The van der Waals surface area contributed by atoms with Crippen LogP contribution in [0.25, 0.3) is 0 Å². The Balaban J connectivity index is 1.40. The van der Waals surface area contributed by atoms with E-state index in [2.05, 4.69) is 39.3 Å². The van der Waals surface area contributed by atoms with Crippen LogP contribution in [0.2, 0.25) is 0 Å². The third kappa shape index (κ3) is 3.33. The molecule has 1 aromatic carbocycles. The summed E-state index contributed by atoms with van der Waals surface area (Å²) in [5.41, 5.74) is 3.64. The van der Waals surface area contributed by atoms with Gasteiger partial charge in [-0.15, -0.1) is 0 Å². The van der Waals surface area contributed by atoms with Crippen LogP contribution < -0.4 is 10.2 Å². The van der Waals surface area contributed by atoms with Gasteiger partial charge in [-0.05, 0) is 77.5 Å². The maximum absolute atomic E-state index is 6.41. The molecule has 2 bridgehead atoms. The second-order valence-corrected chi connectivity index (χ2v) is 10.5. The molecule has 4 fully saturated rings. The summed E-state index contributed by atoms with van der Waals surface area (Å²) in [5.74, 6) is 1.72. The van der Waals surface area contributed by atoms with Crippen LogP contribution in [0.1, 0.15) is 63.9 Å². The highest BCUT2D eigenvalue weighted by Gasteiger charge is 2.60. The Bertz CT molecular complexity index is 949. The molecular formula is C24H33BN2O4. The van der Waals surface area contributed by atoms with Gasteiger partial charge in [-0.1, -0.05) is 12.1 Å². The highest BCUT2D eigenvalue weighted by molar-refractivity contribution is 6.63. The lowest BCUT2D eigenvalue weighted by atomic mass is 9.50. The summed E-state index contributed by atoms with van der Waals surface area (Å²) in [6.45, 7) is 11.4. The standard InChI is InChI=1S/C24H33BN2O4/c1-16-21(25-30-22(2,3)23(4,5)31-25)20(27(26-16)24-11-18(12-24)13-24)15-29-14-17-7-9-19(28-6)10-8-17/h7-10,18H,11-15H2,1-6H3. The zero-order chi connectivity index (χ0) is 22.0. The number of aryl methyl sites for hydroxylation is 1. The lowest BCUT2D eigenvalue weighted by molar-refractivity contribution is -0.102. The topological polar surface area (TPSA) is 54.7 Å². The monoisotopic (exact) mass is 424 g/mol. The van der Waals surface area contributed by atoms with Crippen molar-refractivity contribution in [1.29, 1.82) is 0 Å². The first-order valence-corrected chi connectivity index (χ1v) is 11.3. The number of methoxy groups -OCH3 is 1. The highest BCUT2D eigenvalue weighted by atomic mass is 16.7. The third-order valence-electron chi connectivity index (χ3n) is 7.82. The predicted octanol–water partition coefficient (Wildman–Crippen LogP) is 3.73. The van der Waals surface area contributed by atoms with E-state index in [1.807, 2.05) is 24.3 Å². The minimum Gasteiger partial charge on any atom is -0.497 e. The zero-order valence-corrected chi connectivity index (χ0v) is 19.5. The van der Waals surface area contributed by atoms with Gasteiger partial charge in [0.1, 0.15) is 5.75 Å². The molecule has 0 unspecified atom stereocenters. The van der Waals surface area contributed by atoms with E-state index in [9.17, 15) is 0 Å². The fourth-order valence-electron chi connectivity index (χ4n) is 5.07. The van der Waals surface area contributed by atoms with Gasteiger partial charge in [0.05, 0.1) is 48.5 Å². The molecule has 0 spiro atoms. The van der Waals surface area contributed by atoms with Crippen molar-refractivity contribution in [1.82, 2.24) is 9.78 Å². The van der Waals surface area contributed by atoms with E-state index >= 15 is 0 Å². The predicted molar refractivity (Wildman–Crippen MR) is 119 cm³/mol. The van der Waals surface area contributed by atoms with Crippen LogP contribution in [-0.4, -0.2) is 35.2 Å². The Morgan fingerprint density at radius 3 is 2.16 bits per heavy atom. The number of nitrogens with zero attached hydrogens (tertiary/aromatic N) is 2. The van der Waals surface area contributed by atoms with E-state index in [0.29, 0.717) is 13.2 Å². The third-order valence-corrected chi connectivity index (χ3v) is 7.82. The van der Waals surface area contributed by atoms with Crippen LogP contribution in [0, 0.1) is 12.8 Å². The molecule has 7 heteroatoms. The number of benzene rings is 1. The Morgan fingerprint density at radius 2 is 1.65 bits per heavy atom. The maximum Gasteiger partial charge on any atom is 0.498 e. The molecule has 166 valence electrons. The van der Waals surface area contributed by atoms with E-state index in [-0.39, 0.29) is 16.7 Å². The Hall–Kier alpha value is -1.83. The molecule has 3 aliphatic carbocycles. The Morgan fingerprint density at radius 1 is 1.03 bits per heavy atom. The SMILES string of the molecule is COc1ccc(COCc2c(B3OC(C)(C)C(C)(C)O3)c(C)nn2C23CC(C2)C3)cc1. The van der Waals surface area contributed by atoms with Crippen LogP contribution in [0.5, 0.6) is 5.75 Å². The summed E-state index contributed by atoms with van der Waals surface area (Å²) in [7, 11) is 1.25. The van der Waals surface area contributed by atoms with Gasteiger partial charge in [-0.2, -0.15) is 5.10 Å². The Labute approximate surface area is 185 Å². The molecule has 2 aromatic rings. The summed E-state index contributed by atoms with van der Waals surface area (Å²) in [5, 5.41) is 4.99. The van der Waals surface area contributed by atoms with Crippen molar-refractivity contribution in [3.8, 4) is 5.75 Å². The normalized spacial score (nSPS) is 27.7. The van der Waals surface area contributed by atoms with Crippen molar-refractivity contribution >= 4 is 12.6 Å². The molecule has 0 N–H and O–H groups in total. The van der Waals surface area contributed by atoms with E-state index in [4.69, 9.17) is 23.9 Å². The van der Waals surface area contributed by atoms with Crippen molar-refractivity contribution in [3.63, 3.8) is 0 Å². The molecule has 0 atom stereocenters. The van der Waals surface area contributed by atoms with Gasteiger partial charge in [0, 0.05) is 5.46 Å². The van der Waals surface area contributed by atoms with Crippen LogP contribution >= 0.6 is 0 Å². The summed E-state index contributed by atoms with van der Waals surface area (Å²) in [6, 6.07) is 8.00. The largest absolute Gasteiger partial charge is 0.498 e. The fraction of sp³-hybridized carbons (Fsp3) is 0.625. The summed E-state index contributed by atoms with van der Waals surface area (Å²) >= 11 is 0. The summed E-state index contributed by atoms with van der Waals surface area (Å²) in [6.07, 6.45) is 3.67. The number of rotatable bonds is 7. The van der Waals surface area contributed by atoms with Crippen LogP contribution in [0.15, 0.2) is 24.3 Å². The molecule has 1 aromatic heterocycles. The van der Waals surface area contributed by atoms with E-state index < -0.39 is 7.12 Å². The smallest absolute Gasteiger partial charge is 0.497 e. The first-order valence-electron chi connectivity index (χ1n) is 11.3. The fourth-order valence-corrected chi connectivity index (χ4v) is 5.07. The molecule has 0 radical (unpaired) electrons.